The van der Waals surface area contributed by atoms with Crippen LogP contribution in [0.5, 0.6) is 0 Å². The summed E-state index contributed by atoms with van der Waals surface area (Å²) in [6.07, 6.45) is 1.67. The summed E-state index contributed by atoms with van der Waals surface area (Å²) in [5.41, 5.74) is 6.03. The van der Waals surface area contributed by atoms with Crippen molar-refractivity contribution in [2.24, 2.45) is 0 Å². The van der Waals surface area contributed by atoms with Crippen molar-refractivity contribution in [3.05, 3.63) is 75.3 Å². The molecule has 0 spiro atoms. The smallest absolute Gasteiger partial charge is 0.134 e. The van der Waals surface area contributed by atoms with E-state index in [1.165, 1.54) is 0 Å². The summed E-state index contributed by atoms with van der Waals surface area (Å²) in [6, 6.07) is 13.5. The Balaban J connectivity index is 2.12. The van der Waals surface area contributed by atoms with Gasteiger partial charge in [0.15, 0.2) is 0 Å². The third kappa shape index (κ3) is 3.44. The zero-order valence-corrected chi connectivity index (χ0v) is 15.7. The van der Waals surface area contributed by atoms with Crippen molar-refractivity contribution in [3.8, 4) is 23.3 Å². The molecule has 2 aromatic heterocycles. The van der Waals surface area contributed by atoms with Gasteiger partial charge in [-0.2, -0.15) is 10.5 Å². The number of halogens is 1. The van der Waals surface area contributed by atoms with Crippen molar-refractivity contribution in [2.45, 2.75) is 27.0 Å². The van der Waals surface area contributed by atoms with Crippen LogP contribution in [0.4, 0.5) is 0 Å². The molecule has 0 unspecified atom stereocenters. The molecule has 3 rings (SSSR count). The Labute approximate surface area is 162 Å². The topological polar surface area (TPSA) is 85.6 Å². The van der Waals surface area contributed by atoms with Gasteiger partial charge in [-0.15, -0.1) is 0 Å². The van der Waals surface area contributed by atoms with E-state index in [1.54, 1.807) is 18.3 Å². The molecule has 0 radical (unpaired) electrons. The van der Waals surface area contributed by atoms with E-state index in [4.69, 9.17) is 11.6 Å². The Bertz CT molecular complexity index is 1100. The molecule has 1 aromatic carbocycles. The summed E-state index contributed by atoms with van der Waals surface area (Å²) < 4.78 is 2.04. The highest BCUT2D eigenvalue weighted by atomic mass is 35.5. The van der Waals surface area contributed by atoms with E-state index >= 15 is 0 Å². The first-order valence-corrected chi connectivity index (χ1v) is 8.72. The lowest BCUT2D eigenvalue weighted by molar-refractivity contribution is 0.281. The van der Waals surface area contributed by atoms with E-state index in [2.05, 4.69) is 17.1 Å². The number of rotatable bonds is 4. The van der Waals surface area contributed by atoms with Gasteiger partial charge in [0, 0.05) is 35.3 Å². The molecule has 3 aromatic rings. The largest absolute Gasteiger partial charge is 0.392 e. The number of benzene rings is 1. The van der Waals surface area contributed by atoms with Gasteiger partial charge in [-0.3, -0.25) is 0 Å². The number of aliphatic hydroxyl groups excluding tert-OH is 1. The molecular weight excluding hydrogens is 360 g/mol. The van der Waals surface area contributed by atoms with Crippen LogP contribution in [0.1, 0.15) is 33.6 Å². The van der Waals surface area contributed by atoms with E-state index in [9.17, 15) is 15.6 Å². The average molecular weight is 377 g/mol. The normalized spacial score (nSPS) is 10.4. The number of nitriles is 2. The number of aromatic nitrogens is 2. The fourth-order valence-corrected chi connectivity index (χ4v) is 3.44. The average Bonchev–Trinajstić information content (AvgIpc) is 2.93. The third-order valence-corrected chi connectivity index (χ3v) is 5.00. The van der Waals surface area contributed by atoms with Crippen LogP contribution in [0, 0.1) is 36.5 Å². The molecule has 0 fully saturated rings. The van der Waals surface area contributed by atoms with Crippen molar-refractivity contribution in [2.75, 3.05) is 0 Å². The Hall–Kier alpha value is -3.12. The van der Waals surface area contributed by atoms with Crippen LogP contribution < -0.4 is 0 Å². The van der Waals surface area contributed by atoms with E-state index in [-0.39, 0.29) is 11.8 Å². The molecule has 27 heavy (non-hydrogen) atoms. The lowest BCUT2D eigenvalue weighted by Gasteiger charge is -2.11. The fraction of sp³-hybridized carbons (Fsp3) is 0.190. The molecular formula is C21H17ClN4O. The SMILES string of the molecule is Cc1c(C#N)c(-c2cccc(C#N)c2)c(C)n1Cc1cnc(Cl)c(CO)c1. The van der Waals surface area contributed by atoms with Crippen molar-refractivity contribution in [1.82, 2.24) is 9.55 Å². The highest BCUT2D eigenvalue weighted by molar-refractivity contribution is 6.30. The van der Waals surface area contributed by atoms with Crippen LogP contribution >= 0.6 is 11.6 Å². The molecule has 0 aliphatic heterocycles. The maximum atomic E-state index is 9.72. The van der Waals surface area contributed by atoms with Gasteiger partial charge in [-0.1, -0.05) is 23.7 Å². The molecule has 0 saturated carbocycles. The molecule has 0 atom stereocenters. The molecule has 0 amide bonds. The minimum Gasteiger partial charge on any atom is -0.392 e. The van der Waals surface area contributed by atoms with Crippen LogP contribution in [-0.2, 0) is 13.2 Å². The summed E-state index contributed by atoms with van der Waals surface area (Å²) in [5.74, 6) is 0. The molecule has 1 N–H and O–H groups in total. The second kappa shape index (κ2) is 7.63. The number of nitrogens with zero attached hydrogens (tertiary/aromatic N) is 4. The minimum atomic E-state index is -0.182. The van der Waals surface area contributed by atoms with Crippen LogP contribution in [0.3, 0.4) is 0 Å². The zero-order chi connectivity index (χ0) is 19.6. The molecule has 0 aliphatic carbocycles. The standard InChI is InChI=1S/C21H17ClN4O/c1-13-19(9-24)20(17-5-3-4-15(6-17)8-23)14(2)26(13)11-16-7-18(12-27)21(22)25-10-16/h3-7,10,27H,11-12H2,1-2H3. The predicted molar refractivity (Wildman–Crippen MR) is 103 cm³/mol. The Morgan fingerprint density at radius 1 is 1.15 bits per heavy atom. The maximum Gasteiger partial charge on any atom is 0.134 e. The summed E-state index contributed by atoms with van der Waals surface area (Å²) in [4.78, 5) is 4.13. The molecule has 2 heterocycles. The van der Waals surface area contributed by atoms with E-state index in [0.717, 1.165) is 28.1 Å². The first-order chi connectivity index (χ1) is 13.0. The second-order valence-corrected chi connectivity index (χ2v) is 6.62. The van der Waals surface area contributed by atoms with Crippen LogP contribution in [-0.4, -0.2) is 14.7 Å². The van der Waals surface area contributed by atoms with Gasteiger partial charge in [0.05, 0.1) is 23.8 Å². The monoisotopic (exact) mass is 376 g/mol. The number of hydrogen-bond acceptors (Lipinski definition) is 4. The van der Waals surface area contributed by atoms with Gasteiger partial charge in [0.25, 0.3) is 0 Å². The van der Waals surface area contributed by atoms with Crippen LogP contribution in [0.15, 0.2) is 36.5 Å². The van der Waals surface area contributed by atoms with Gasteiger partial charge in [-0.05, 0) is 43.2 Å². The summed E-state index contributed by atoms with van der Waals surface area (Å²) in [6.45, 7) is 4.18. The lowest BCUT2D eigenvalue weighted by atomic mass is 9.99. The summed E-state index contributed by atoms with van der Waals surface area (Å²) in [7, 11) is 0. The fourth-order valence-electron chi connectivity index (χ4n) is 3.28. The van der Waals surface area contributed by atoms with Gasteiger partial charge in [0.2, 0.25) is 0 Å². The lowest BCUT2D eigenvalue weighted by Crippen LogP contribution is -2.05. The number of aliphatic hydroxyl groups is 1. The zero-order valence-electron chi connectivity index (χ0n) is 15.0. The first-order valence-electron chi connectivity index (χ1n) is 8.34. The minimum absolute atomic E-state index is 0.182. The molecule has 0 aliphatic rings. The number of pyridine rings is 1. The van der Waals surface area contributed by atoms with Gasteiger partial charge >= 0.3 is 0 Å². The second-order valence-electron chi connectivity index (χ2n) is 6.26. The van der Waals surface area contributed by atoms with Crippen LogP contribution in [0.2, 0.25) is 5.15 Å². The molecule has 134 valence electrons. The Kier molecular flexibility index (Phi) is 5.28. The van der Waals surface area contributed by atoms with Crippen molar-refractivity contribution < 1.29 is 5.11 Å². The van der Waals surface area contributed by atoms with Gasteiger partial charge in [-0.25, -0.2) is 4.98 Å². The van der Waals surface area contributed by atoms with Gasteiger partial charge < -0.3 is 9.67 Å². The van der Waals surface area contributed by atoms with Crippen molar-refractivity contribution >= 4 is 11.6 Å². The Morgan fingerprint density at radius 2 is 1.93 bits per heavy atom. The quantitative estimate of drug-likeness (QED) is 0.694. The number of hydrogen-bond donors (Lipinski definition) is 1. The maximum absolute atomic E-state index is 9.72. The summed E-state index contributed by atoms with van der Waals surface area (Å²) >= 11 is 5.97. The predicted octanol–water partition coefficient (Wildman–Crippen LogP) is 4.10. The van der Waals surface area contributed by atoms with Crippen molar-refractivity contribution in [3.63, 3.8) is 0 Å². The van der Waals surface area contributed by atoms with E-state index in [0.29, 0.717) is 23.2 Å². The summed E-state index contributed by atoms with van der Waals surface area (Å²) in [5, 5.41) is 28.6. The molecule has 0 bridgehead atoms. The molecule has 6 heteroatoms. The van der Waals surface area contributed by atoms with E-state index < -0.39 is 0 Å². The highest BCUT2D eigenvalue weighted by Gasteiger charge is 2.19. The van der Waals surface area contributed by atoms with Crippen molar-refractivity contribution in [1.29, 1.82) is 10.5 Å². The molecule has 5 nitrogen and oxygen atoms in total. The first kappa shape index (κ1) is 18.7. The van der Waals surface area contributed by atoms with Crippen LogP contribution in [0.25, 0.3) is 11.1 Å². The van der Waals surface area contributed by atoms with E-state index in [1.807, 2.05) is 36.6 Å². The van der Waals surface area contributed by atoms with Gasteiger partial charge in [0.1, 0.15) is 11.2 Å². The third-order valence-electron chi connectivity index (χ3n) is 4.65. The highest BCUT2D eigenvalue weighted by Crippen LogP contribution is 2.33. The Morgan fingerprint density at radius 3 is 2.59 bits per heavy atom. The molecule has 0 saturated heterocycles.